The fourth-order valence-electron chi connectivity index (χ4n) is 3.20. The second-order valence-corrected chi connectivity index (χ2v) is 5.63. The van der Waals surface area contributed by atoms with Gasteiger partial charge in [-0.05, 0) is 24.5 Å². The lowest BCUT2D eigenvalue weighted by Gasteiger charge is -2.29. The summed E-state index contributed by atoms with van der Waals surface area (Å²) in [6.45, 7) is 3.10. The van der Waals surface area contributed by atoms with Crippen LogP contribution in [0.25, 0.3) is 0 Å². The molecule has 0 fully saturated rings. The largest absolute Gasteiger partial charge is 0.384 e. The molecule has 1 aromatic heterocycles. The van der Waals surface area contributed by atoms with Crippen LogP contribution in [0.1, 0.15) is 28.2 Å². The molecule has 0 aliphatic carbocycles. The van der Waals surface area contributed by atoms with E-state index in [1.807, 2.05) is 23.2 Å². The first-order valence-corrected chi connectivity index (χ1v) is 7.48. The van der Waals surface area contributed by atoms with E-state index < -0.39 is 0 Å². The van der Waals surface area contributed by atoms with Gasteiger partial charge in [0.25, 0.3) is 5.91 Å². The summed E-state index contributed by atoms with van der Waals surface area (Å²) in [5, 5.41) is 3.40. The molecule has 0 radical (unpaired) electrons. The van der Waals surface area contributed by atoms with E-state index >= 15 is 0 Å². The Hall–Kier alpha value is -2.30. The van der Waals surface area contributed by atoms with Crippen LogP contribution in [0.2, 0.25) is 0 Å². The van der Waals surface area contributed by atoms with E-state index in [1.54, 1.807) is 6.20 Å². The number of rotatable bonds is 1. The van der Waals surface area contributed by atoms with Gasteiger partial charge in [-0.2, -0.15) is 0 Å². The van der Waals surface area contributed by atoms with Gasteiger partial charge in [0.1, 0.15) is 5.82 Å². The number of carbonyl (C=O) groups excluding carboxylic acids is 1. The summed E-state index contributed by atoms with van der Waals surface area (Å²) in [5.74, 6) is 1.07. The molecule has 2 aromatic rings. The Bertz CT molecular complexity index is 691. The van der Waals surface area contributed by atoms with Crippen LogP contribution in [0, 0.1) is 0 Å². The van der Waals surface area contributed by atoms with E-state index in [2.05, 4.69) is 20.9 Å². The maximum Gasteiger partial charge on any atom is 0.256 e. The molecule has 1 aromatic carbocycles. The van der Waals surface area contributed by atoms with E-state index in [-0.39, 0.29) is 5.91 Å². The van der Waals surface area contributed by atoms with Gasteiger partial charge in [-0.25, -0.2) is 4.98 Å². The number of nitrogens with one attached hydrogen (secondary N) is 1. The summed E-state index contributed by atoms with van der Waals surface area (Å²) in [7, 11) is 0. The number of hydrogen-bond acceptors (Lipinski definition) is 3. The lowest BCUT2D eigenvalue weighted by Crippen LogP contribution is -2.38. The molecule has 3 heterocycles. The van der Waals surface area contributed by atoms with Gasteiger partial charge in [-0.3, -0.25) is 4.79 Å². The highest BCUT2D eigenvalue weighted by Gasteiger charge is 2.25. The molecule has 0 bridgehead atoms. The topological polar surface area (TPSA) is 50.2 Å². The number of aromatic nitrogens is 2. The van der Waals surface area contributed by atoms with Crippen LogP contribution in [0.15, 0.2) is 30.6 Å². The van der Waals surface area contributed by atoms with Crippen molar-refractivity contribution in [3.05, 3.63) is 47.5 Å². The summed E-state index contributed by atoms with van der Waals surface area (Å²) in [4.78, 5) is 19.1. The summed E-state index contributed by atoms with van der Waals surface area (Å²) in [5.41, 5.74) is 3.08. The Kier molecular flexibility index (Phi) is 2.91. The zero-order valence-electron chi connectivity index (χ0n) is 11.9. The fraction of sp³-hybridized carbons (Fsp3) is 0.375. The molecular weight excluding hydrogens is 264 g/mol. The number of fused-ring (bicyclic) bond motifs is 2. The summed E-state index contributed by atoms with van der Waals surface area (Å²) in [6.07, 6.45) is 5.96. The summed E-state index contributed by atoms with van der Waals surface area (Å²) < 4.78 is 2.11. The number of imidazole rings is 1. The molecule has 5 nitrogen and oxygen atoms in total. The normalized spacial score (nSPS) is 16.9. The van der Waals surface area contributed by atoms with Crippen LogP contribution in [-0.2, 0) is 19.5 Å². The van der Waals surface area contributed by atoms with Crippen molar-refractivity contribution in [1.82, 2.24) is 14.5 Å². The molecule has 0 saturated carbocycles. The first kappa shape index (κ1) is 12.4. The van der Waals surface area contributed by atoms with Crippen LogP contribution < -0.4 is 5.32 Å². The minimum absolute atomic E-state index is 0.107. The molecule has 2 aliphatic rings. The van der Waals surface area contributed by atoms with Crippen molar-refractivity contribution >= 4 is 11.6 Å². The molecule has 0 atom stereocenters. The van der Waals surface area contributed by atoms with Crippen LogP contribution in [0.4, 0.5) is 5.69 Å². The first-order chi connectivity index (χ1) is 10.3. The number of carbonyl (C=O) groups is 1. The molecule has 1 amide bonds. The first-order valence-electron chi connectivity index (χ1n) is 7.48. The molecule has 0 saturated heterocycles. The highest BCUT2D eigenvalue weighted by molar-refractivity contribution is 6.00. The Morgan fingerprint density at radius 1 is 1.29 bits per heavy atom. The van der Waals surface area contributed by atoms with Crippen molar-refractivity contribution in [3.8, 4) is 0 Å². The number of aryl methyl sites for hydroxylation is 1. The van der Waals surface area contributed by atoms with E-state index in [1.165, 1.54) is 5.56 Å². The molecule has 0 spiro atoms. The standard InChI is InChI=1S/C16H18N4O/c21-16(20-10-9-19-8-7-17-14(19)11-20)13-5-1-3-12-4-2-6-18-15(12)13/h1,3,5,7-8,18H,2,4,6,9-11H2. The van der Waals surface area contributed by atoms with Crippen molar-refractivity contribution in [3.63, 3.8) is 0 Å². The lowest BCUT2D eigenvalue weighted by atomic mass is 9.98. The second-order valence-electron chi connectivity index (χ2n) is 5.63. The monoisotopic (exact) mass is 282 g/mol. The van der Waals surface area contributed by atoms with Gasteiger partial charge < -0.3 is 14.8 Å². The van der Waals surface area contributed by atoms with Crippen LogP contribution >= 0.6 is 0 Å². The Morgan fingerprint density at radius 2 is 2.24 bits per heavy atom. The van der Waals surface area contributed by atoms with Gasteiger partial charge in [-0.15, -0.1) is 0 Å². The predicted molar refractivity (Wildman–Crippen MR) is 80.2 cm³/mol. The van der Waals surface area contributed by atoms with Gasteiger partial charge in [0.05, 0.1) is 17.8 Å². The number of amides is 1. The molecule has 2 aliphatic heterocycles. The zero-order chi connectivity index (χ0) is 14.2. The van der Waals surface area contributed by atoms with Crippen molar-refractivity contribution in [1.29, 1.82) is 0 Å². The van der Waals surface area contributed by atoms with Crippen LogP contribution in [0.3, 0.4) is 0 Å². The average molecular weight is 282 g/mol. The molecular formula is C16H18N4O. The molecule has 108 valence electrons. The maximum absolute atomic E-state index is 12.9. The SMILES string of the molecule is O=C(c1cccc2c1NCCC2)N1CCn2ccnc2C1. The molecule has 21 heavy (non-hydrogen) atoms. The third kappa shape index (κ3) is 2.09. The zero-order valence-corrected chi connectivity index (χ0v) is 11.9. The van der Waals surface area contributed by atoms with Gasteiger partial charge in [-0.1, -0.05) is 12.1 Å². The van der Waals surface area contributed by atoms with Crippen LogP contribution in [0.5, 0.6) is 0 Å². The Balaban J connectivity index is 1.64. The third-order valence-electron chi connectivity index (χ3n) is 4.34. The molecule has 5 heteroatoms. The number of anilines is 1. The van der Waals surface area contributed by atoms with Gasteiger partial charge >= 0.3 is 0 Å². The summed E-state index contributed by atoms with van der Waals surface area (Å²) in [6, 6.07) is 6.03. The Labute approximate surface area is 123 Å². The van der Waals surface area contributed by atoms with Crippen molar-refractivity contribution in [2.75, 3.05) is 18.4 Å². The highest BCUT2D eigenvalue weighted by atomic mass is 16.2. The van der Waals surface area contributed by atoms with E-state index in [0.717, 1.165) is 49.6 Å². The molecule has 0 unspecified atom stereocenters. The average Bonchev–Trinajstić information content (AvgIpc) is 3.01. The molecule has 4 rings (SSSR count). The molecule has 1 N–H and O–H groups in total. The van der Waals surface area contributed by atoms with E-state index in [4.69, 9.17) is 0 Å². The van der Waals surface area contributed by atoms with E-state index in [9.17, 15) is 4.79 Å². The quantitative estimate of drug-likeness (QED) is 0.869. The predicted octanol–water partition coefficient (Wildman–Crippen LogP) is 1.90. The minimum atomic E-state index is 0.107. The number of benzene rings is 1. The minimum Gasteiger partial charge on any atom is -0.384 e. The second kappa shape index (κ2) is 4.91. The van der Waals surface area contributed by atoms with Crippen molar-refractivity contribution in [2.45, 2.75) is 25.9 Å². The smallest absolute Gasteiger partial charge is 0.256 e. The van der Waals surface area contributed by atoms with Gasteiger partial charge in [0.2, 0.25) is 0 Å². The van der Waals surface area contributed by atoms with Crippen LogP contribution in [-0.4, -0.2) is 33.4 Å². The number of para-hydroxylation sites is 1. The fourth-order valence-corrected chi connectivity index (χ4v) is 3.20. The number of hydrogen-bond donors (Lipinski definition) is 1. The van der Waals surface area contributed by atoms with Gasteiger partial charge in [0, 0.05) is 32.0 Å². The van der Waals surface area contributed by atoms with Gasteiger partial charge in [0.15, 0.2) is 0 Å². The maximum atomic E-state index is 12.9. The summed E-state index contributed by atoms with van der Waals surface area (Å²) >= 11 is 0. The number of nitrogens with zero attached hydrogens (tertiary/aromatic N) is 3. The highest BCUT2D eigenvalue weighted by Crippen LogP contribution is 2.27. The van der Waals surface area contributed by atoms with E-state index in [0.29, 0.717) is 6.54 Å². The lowest BCUT2D eigenvalue weighted by molar-refractivity contribution is 0.0708. The Morgan fingerprint density at radius 3 is 3.19 bits per heavy atom. The van der Waals surface area contributed by atoms with Crippen molar-refractivity contribution < 1.29 is 4.79 Å². The third-order valence-corrected chi connectivity index (χ3v) is 4.34. The van der Waals surface area contributed by atoms with Crippen molar-refractivity contribution in [2.24, 2.45) is 0 Å².